The number of rotatable bonds is 9. The lowest BCUT2D eigenvalue weighted by Gasteiger charge is -2.10. The van der Waals surface area contributed by atoms with Crippen LogP contribution in [0.4, 0.5) is 0 Å². The van der Waals surface area contributed by atoms with E-state index in [2.05, 4.69) is 10.5 Å². The smallest absolute Gasteiger partial charge is 0.373 e. The Morgan fingerprint density at radius 1 is 0.675 bits per heavy atom. The van der Waals surface area contributed by atoms with Crippen molar-refractivity contribution in [3.05, 3.63) is 131 Å². The van der Waals surface area contributed by atoms with Gasteiger partial charge in [-0.2, -0.15) is 0 Å². The Bertz CT molecular complexity index is 1670. The van der Waals surface area contributed by atoms with E-state index in [0.717, 1.165) is 5.56 Å². The number of nitrogens with one attached hydrogen (secondary N) is 1. The molecule has 0 amide bonds. The highest BCUT2D eigenvalue weighted by molar-refractivity contribution is 6.15. The maximum atomic E-state index is 13.9. The molecule has 5 rings (SSSR count). The molecule has 1 N–H and O–H groups in total. The first-order valence-corrected chi connectivity index (χ1v) is 12.5. The number of carbonyl (C=O) groups is 2. The van der Waals surface area contributed by atoms with E-state index in [1.54, 1.807) is 54.6 Å². The van der Waals surface area contributed by atoms with Crippen LogP contribution in [0.3, 0.4) is 0 Å². The third-order valence-corrected chi connectivity index (χ3v) is 6.18. The van der Waals surface area contributed by atoms with Crippen LogP contribution in [0.1, 0.15) is 37.8 Å². The fraction of sp³-hybridized carbons (Fsp3) is 0.0938. The summed E-state index contributed by atoms with van der Waals surface area (Å²) in [5.74, 6) is 0.772. The molecule has 8 nitrogen and oxygen atoms in total. The van der Waals surface area contributed by atoms with Gasteiger partial charge in [0, 0.05) is 22.3 Å². The molecule has 2 aromatic heterocycles. The first-order valence-electron chi connectivity index (χ1n) is 12.5. The highest BCUT2D eigenvalue weighted by Gasteiger charge is 2.22. The fourth-order valence-corrected chi connectivity index (χ4v) is 4.23. The van der Waals surface area contributed by atoms with Crippen LogP contribution in [0.5, 0.6) is 0 Å². The number of carbonyl (C=O) groups excluding carboxylic acids is 2. The van der Waals surface area contributed by atoms with Gasteiger partial charge in [-0.3, -0.25) is 4.79 Å². The number of methoxy groups -OCH3 is 2. The molecule has 0 unspecified atom stereocenters. The van der Waals surface area contributed by atoms with Gasteiger partial charge >= 0.3 is 5.97 Å². The number of nitrogens with zero attached hydrogens (tertiary/aromatic N) is 1. The van der Waals surface area contributed by atoms with Gasteiger partial charge in [-0.1, -0.05) is 78.9 Å². The summed E-state index contributed by atoms with van der Waals surface area (Å²) in [7, 11) is 2.79. The van der Waals surface area contributed by atoms with Crippen molar-refractivity contribution < 1.29 is 27.9 Å². The summed E-state index contributed by atoms with van der Waals surface area (Å²) in [6.07, 6.45) is 0. The number of hydrazone groups is 1. The number of ether oxygens (including phenoxy) is 2. The minimum absolute atomic E-state index is 0.0529. The molecule has 0 saturated heterocycles. The lowest BCUT2D eigenvalue weighted by atomic mass is 9.93. The monoisotopic (exact) mass is 534 g/mol. The van der Waals surface area contributed by atoms with Gasteiger partial charge in [-0.25, -0.2) is 4.79 Å². The highest BCUT2D eigenvalue weighted by Crippen LogP contribution is 2.32. The van der Waals surface area contributed by atoms with E-state index in [9.17, 15) is 9.59 Å². The van der Waals surface area contributed by atoms with E-state index >= 15 is 0 Å². The molecule has 0 aliphatic heterocycles. The van der Waals surface area contributed by atoms with Crippen LogP contribution in [0, 0.1) is 0 Å². The molecule has 0 spiro atoms. The van der Waals surface area contributed by atoms with Crippen LogP contribution in [0.15, 0.2) is 117 Å². The summed E-state index contributed by atoms with van der Waals surface area (Å²) in [6.45, 7) is 0.523. The molecule has 8 heteroatoms. The van der Waals surface area contributed by atoms with Crippen LogP contribution in [-0.4, -0.2) is 31.9 Å². The topological polar surface area (TPSA) is 103 Å². The van der Waals surface area contributed by atoms with Gasteiger partial charge in [0.25, 0.3) is 5.90 Å². The Labute approximate surface area is 230 Å². The Hall–Kier alpha value is -5.37. The second-order valence-corrected chi connectivity index (χ2v) is 8.68. The molecule has 3 aromatic carbocycles. The Balaban J connectivity index is 1.43. The van der Waals surface area contributed by atoms with Gasteiger partial charge in [0.2, 0.25) is 5.76 Å². The minimum atomic E-state index is -0.594. The second kappa shape index (κ2) is 12.0. The predicted octanol–water partition coefficient (Wildman–Crippen LogP) is 6.32. The summed E-state index contributed by atoms with van der Waals surface area (Å²) < 4.78 is 22.0. The van der Waals surface area contributed by atoms with Gasteiger partial charge in [0.05, 0.1) is 20.8 Å². The van der Waals surface area contributed by atoms with Crippen LogP contribution in [0.2, 0.25) is 0 Å². The fourth-order valence-electron chi connectivity index (χ4n) is 4.23. The first-order chi connectivity index (χ1) is 19.6. The van der Waals surface area contributed by atoms with Crippen molar-refractivity contribution in [1.29, 1.82) is 0 Å². The van der Waals surface area contributed by atoms with Crippen LogP contribution in [-0.2, 0) is 16.0 Å². The lowest BCUT2D eigenvalue weighted by Crippen LogP contribution is -2.12. The van der Waals surface area contributed by atoms with Crippen molar-refractivity contribution in [1.82, 2.24) is 5.43 Å². The average Bonchev–Trinajstić information content (AvgIpc) is 3.70. The lowest BCUT2D eigenvalue weighted by molar-refractivity contribution is 0.0566. The molecule has 40 heavy (non-hydrogen) atoms. The number of ketones is 1. The molecule has 0 aliphatic carbocycles. The molecule has 0 atom stereocenters. The van der Waals surface area contributed by atoms with Gasteiger partial charge < -0.3 is 23.7 Å². The number of benzene rings is 3. The molecule has 0 saturated carbocycles. The molecular weight excluding hydrogens is 508 g/mol. The number of esters is 1. The van der Waals surface area contributed by atoms with Gasteiger partial charge in [0.1, 0.15) is 11.5 Å². The minimum Gasteiger partial charge on any atom is -0.477 e. The second-order valence-electron chi connectivity index (χ2n) is 8.68. The third-order valence-electron chi connectivity index (χ3n) is 6.18. The predicted molar refractivity (Wildman–Crippen MR) is 150 cm³/mol. The van der Waals surface area contributed by atoms with Crippen molar-refractivity contribution in [3.8, 4) is 22.6 Å². The summed E-state index contributed by atoms with van der Waals surface area (Å²) in [5.41, 5.74) is 6.08. The maximum Gasteiger partial charge on any atom is 0.373 e. The molecule has 2 heterocycles. The molecule has 0 radical (unpaired) electrons. The van der Waals surface area contributed by atoms with Crippen LogP contribution < -0.4 is 5.43 Å². The Morgan fingerprint density at radius 2 is 1.23 bits per heavy atom. The van der Waals surface area contributed by atoms with Crippen molar-refractivity contribution in [2.24, 2.45) is 5.10 Å². The summed E-state index contributed by atoms with van der Waals surface area (Å²) in [4.78, 5) is 25.8. The average molecular weight is 535 g/mol. The SMILES string of the molecule is COC(=O)c1ccc(-c2ccccc2C(=O)c2ccccc2-c2ccc(C(=NNCc3ccccc3)OC)o2)o1. The van der Waals surface area contributed by atoms with Gasteiger partial charge in [-0.05, 0) is 29.8 Å². The molecule has 200 valence electrons. The van der Waals surface area contributed by atoms with Crippen molar-refractivity contribution >= 4 is 17.7 Å². The van der Waals surface area contributed by atoms with Crippen molar-refractivity contribution in [2.45, 2.75) is 6.54 Å². The number of hydrogen-bond acceptors (Lipinski definition) is 8. The zero-order chi connectivity index (χ0) is 27.9. The summed E-state index contributed by atoms with van der Waals surface area (Å²) in [6, 6.07) is 30.8. The van der Waals surface area contributed by atoms with E-state index < -0.39 is 5.97 Å². The van der Waals surface area contributed by atoms with E-state index in [0.29, 0.717) is 46.1 Å². The zero-order valence-electron chi connectivity index (χ0n) is 21.9. The van der Waals surface area contributed by atoms with E-state index in [4.69, 9.17) is 18.3 Å². The first kappa shape index (κ1) is 26.2. The number of hydrogen-bond donors (Lipinski definition) is 1. The zero-order valence-corrected chi connectivity index (χ0v) is 21.9. The van der Waals surface area contributed by atoms with Gasteiger partial charge in [-0.15, -0.1) is 5.10 Å². The van der Waals surface area contributed by atoms with Crippen molar-refractivity contribution in [2.75, 3.05) is 14.2 Å². The maximum absolute atomic E-state index is 13.9. The quantitative estimate of drug-likeness (QED) is 0.0776. The Kier molecular flexibility index (Phi) is 7.87. The largest absolute Gasteiger partial charge is 0.477 e. The van der Waals surface area contributed by atoms with E-state index in [1.165, 1.54) is 20.3 Å². The molecule has 0 bridgehead atoms. The van der Waals surface area contributed by atoms with Crippen molar-refractivity contribution in [3.63, 3.8) is 0 Å². The van der Waals surface area contributed by atoms with Crippen LogP contribution >= 0.6 is 0 Å². The van der Waals surface area contributed by atoms with E-state index in [1.807, 2.05) is 42.5 Å². The van der Waals surface area contributed by atoms with E-state index in [-0.39, 0.29) is 17.4 Å². The molecule has 0 aliphatic rings. The Morgan fingerprint density at radius 3 is 1.82 bits per heavy atom. The summed E-state index contributed by atoms with van der Waals surface area (Å²) >= 11 is 0. The summed E-state index contributed by atoms with van der Waals surface area (Å²) in [5, 5.41) is 4.33. The van der Waals surface area contributed by atoms with Gasteiger partial charge in [0.15, 0.2) is 11.5 Å². The molecular formula is C32H26N2O6. The number of furan rings is 2. The molecule has 5 aromatic rings. The standard InChI is InChI=1S/C32H26N2O6/c1-37-31(34-33-20-21-10-4-3-5-11-21)28-18-16-26(39-28)22-12-6-8-14-24(22)30(35)25-15-9-7-13-23(25)27-17-19-29(40-27)32(36)38-2/h3-19,33H,20H2,1-2H3. The highest BCUT2D eigenvalue weighted by atomic mass is 16.5. The molecule has 0 fully saturated rings. The third kappa shape index (κ3) is 5.56. The normalized spacial score (nSPS) is 11.2. The van der Waals surface area contributed by atoms with Crippen LogP contribution in [0.25, 0.3) is 22.6 Å².